The Labute approximate surface area is 101 Å². The second-order valence-corrected chi connectivity index (χ2v) is 3.83. The lowest BCUT2D eigenvalue weighted by Crippen LogP contribution is -2.35. The number of nitrogens with one attached hydrogen (secondary N) is 2. The van der Waals surface area contributed by atoms with Crippen LogP contribution in [-0.2, 0) is 9.59 Å². The summed E-state index contributed by atoms with van der Waals surface area (Å²) in [4.78, 5) is 22.8. The number of rotatable bonds is 3. The lowest BCUT2D eigenvalue weighted by Gasteiger charge is -2.07. The molecule has 90 valence electrons. The van der Waals surface area contributed by atoms with Crippen molar-refractivity contribution in [1.82, 2.24) is 5.32 Å². The summed E-state index contributed by atoms with van der Waals surface area (Å²) in [6.45, 7) is 7.59. The molecule has 17 heavy (non-hydrogen) atoms. The Bertz CT molecular complexity index is 432. The molecule has 4 nitrogen and oxygen atoms in total. The van der Waals surface area contributed by atoms with Gasteiger partial charge in [-0.25, -0.2) is 0 Å². The maximum Gasteiger partial charge on any atom is 0.313 e. The molecular formula is C13H16N2O2. The first-order chi connectivity index (χ1) is 8.02. The maximum absolute atomic E-state index is 11.5. The highest BCUT2D eigenvalue weighted by Gasteiger charge is 2.12. The van der Waals surface area contributed by atoms with E-state index in [0.29, 0.717) is 5.69 Å². The molecule has 2 N–H and O–H groups in total. The summed E-state index contributed by atoms with van der Waals surface area (Å²) in [5.41, 5.74) is 2.69. The van der Waals surface area contributed by atoms with Crippen LogP contribution < -0.4 is 10.6 Å². The van der Waals surface area contributed by atoms with Crippen molar-refractivity contribution < 1.29 is 9.59 Å². The molecule has 0 aliphatic heterocycles. The zero-order valence-corrected chi connectivity index (χ0v) is 10.0. The highest BCUT2D eigenvalue weighted by Crippen LogP contribution is 2.13. The molecule has 0 saturated carbocycles. The van der Waals surface area contributed by atoms with Crippen LogP contribution in [-0.4, -0.2) is 18.4 Å². The first-order valence-electron chi connectivity index (χ1n) is 5.31. The molecule has 0 bridgehead atoms. The minimum absolute atomic E-state index is 0.277. The monoisotopic (exact) mass is 232 g/mol. The van der Waals surface area contributed by atoms with Crippen LogP contribution >= 0.6 is 0 Å². The Morgan fingerprint density at radius 2 is 1.76 bits per heavy atom. The number of amides is 2. The molecule has 0 aliphatic carbocycles. The van der Waals surface area contributed by atoms with E-state index >= 15 is 0 Å². The van der Waals surface area contributed by atoms with Gasteiger partial charge >= 0.3 is 11.8 Å². The van der Waals surface area contributed by atoms with E-state index in [-0.39, 0.29) is 6.54 Å². The standard InChI is InChI=1S/C13H16N2O2/c1-4-5-14-12(16)13(17)15-11-7-9(2)6-10(3)8-11/h4,6-8H,1,5H2,2-3H3,(H,14,16)(H,15,17). The van der Waals surface area contributed by atoms with Crippen LogP contribution in [0.4, 0.5) is 5.69 Å². The van der Waals surface area contributed by atoms with Crippen LogP contribution in [0.2, 0.25) is 0 Å². The molecule has 0 radical (unpaired) electrons. The van der Waals surface area contributed by atoms with Gasteiger partial charge in [-0.05, 0) is 37.1 Å². The van der Waals surface area contributed by atoms with Crippen LogP contribution in [0, 0.1) is 13.8 Å². The van der Waals surface area contributed by atoms with E-state index < -0.39 is 11.8 Å². The molecule has 2 amide bonds. The maximum atomic E-state index is 11.5. The molecule has 0 saturated heterocycles. The molecule has 0 aromatic heterocycles. The zero-order valence-electron chi connectivity index (χ0n) is 10.0. The number of carbonyl (C=O) groups excluding carboxylic acids is 2. The summed E-state index contributed by atoms with van der Waals surface area (Å²) in [5, 5.41) is 4.96. The van der Waals surface area contributed by atoms with Gasteiger partial charge in [0.25, 0.3) is 0 Å². The summed E-state index contributed by atoms with van der Waals surface area (Å²) in [7, 11) is 0. The highest BCUT2D eigenvalue weighted by molar-refractivity contribution is 6.39. The smallest absolute Gasteiger partial charge is 0.313 e. The third kappa shape index (κ3) is 4.10. The molecule has 4 heteroatoms. The Balaban J connectivity index is 2.67. The van der Waals surface area contributed by atoms with E-state index in [1.165, 1.54) is 6.08 Å². The average Bonchev–Trinajstić information content (AvgIpc) is 2.24. The summed E-state index contributed by atoms with van der Waals surface area (Å²) < 4.78 is 0. The van der Waals surface area contributed by atoms with E-state index in [4.69, 9.17) is 0 Å². The van der Waals surface area contributed by atoms with Crippen molar-refractivity contribution in [3.05, 3.63) is 42.0 Å². The van der Waals surface area contributed by atoms with Crippen molar-refractivity contribution in [2.45, 2.75) is 13.8 Å². The molecular weight excluding hydrogens is 216 g/mol. The third-order valence-corrected chi connectivity index (χ3v) is 2.09. The fourth-order valence-corrected chi connectivity index (χ4v) is 1.48. The van der Waals surface area contributed by atoms with E-state index in [0.717, 1.165) is 11.1 Å². The van der Waals surface area contributed by atoms with E-state index in [1.54, 1.807) is 0 Å². The Kier molecular flexibility index (Phi) is 4.46. The fourth-order valence-electron chi connectivity index (χ4n) is 1.48. The predicted octanol–water partition coefficient (Wildman–Crippen LogP) is 1.54. The minimum Gasteiger partial charge on any atom is -0.344 e. The number of hydrogen-bond donors (Lipinski definition) is 2. The second-order valence-electron chi connectivity index (χ2n) is 3.83. The quantitative estimate of drug-likeness (QED) is 0.613. The second kappa shape index (κ2) is 5.84. The molecule has 0 spiro atoms. The highest BCUT2D eigenvalue weighted by atomic mass is 16.2. The molecule has 0 heterocycles. The largest absolute Gasteiger partial charge is 0.344 e. The molecule has 0 aliphatic rings. The van der Waals surface area contributed by atoms with Gasteiger partial charge in [0.15, 0.2) is 0 Å². The van der Waals surface area contributed by atoms with E-state index in [9.17, 15) is 9.59 Å². The van der Waals surface area contributed by atoms with Crippen molar-refractivity contribution in [2.75, 3.05) is 11.9 Å². The van der Waals surface area contributed by atoms with E-state index in [1.807, 2.05) is 32.0 Å². The number of carbonyl (C=O) groups is 2. The van der Waals surface area contributed by atoms with Crippen molar-refractivity contribution in [3.8, 4) is 0 Å². The van der Waals surface area contributed by atoms with E-state index in [2.05, 4.69) is 17.2 Å². The van der Waals surface area contributed by atoms with Crippen LogP contribution in [0.3, 0.4) is 0 Å². The van der Waals surface area contributed by atoms with Gasteiger partial charge in [0.1, 0.15) is 0 Å². The lowest BCUT2D eigenvalue weighted by atomic mass is 10.1. The van der Waals surface area contributed by atoms with Crippen LogP contribution in [0.15, 0.2) is 30.9 Å². The van der Waals surface area contributed by atoms with Crippen LogP contribution in [0.5, 0.6) is 0 Å². The van der Waals surface area contributed by atoms with Gasteiger partial charge in [0.05, 0.1) is 0 Å². The minimum atomic E-state index is -0.670. The average molecular weight is 232 g/mol. The van der Waals surface area contributed by atoms with Gasteiger partial charge in [-0.2, -0.15) is 0 Å². The topological polar surface area (TPSA) is 58.2 Å². The zero-order chi connectivity index (χ0) is 12.8. The Hall–Kier alpha value is -2.10. The molecule has 1 rings (SSSR count). The lowest BCUT2D eigenvalue weighted by molar-refractivity contribution is -0.136. The van der Waals surface area contributed by atoms with Crippen molar-refractivity contribution >= 4 is 17.5 Å². The molecule has 0 atom stereocenters. The third-order valence-electron chi connectivity index (χ3n) is 2.09. The van der Waals surface area contributed by atoms with Gasteiger partial charge in [-0.3, -0.25) is 9.59 Å². The number of benzene rings is 1. The number of hydrogen-bond acceptors (Lipinski definition) is 2. The Morgan fingerprint density at radius 3 is 2.29 bits per heavy atom. The predicted molar refractivity (Wildman–Crippen MR) is 67.8 cm³/mol. The fraction of sp³-hybridized carbons (Fsp3) is 0.231. The number of aryl methyl sites for hydroxylation is 2. The van der Waals surface area contributed by atoms with Gasteiger partial charge < -0.3 is 10.6 Å². The van der Waals surface area contributed by atoms with Crippen LogP contribution in [0.1, 0.15) is 11.1 Å². The summed E-state index contributed by atoms with van der Waals surface area (Å²) in [6.07, 6.45) is 1.52. The SMILES string of the molecule is C=CCNC(=O)C(=O)Nc1cc(C)cc(C)c1. The van der Waals surface area contributed by atoms with Crippen molar-refractivity contribution in [2.24, 2.45) is 0 Å². The van der Waals surface area contributed by atoms with Gasteiger partial charge in [0.2, 0.25) is 0 Å². The number of anilines is 1. The molecule has 1 aromatic carbocycles. The van der Waals surface area contributed by atoms with Gasteiger partial charge in [-0.1, -0.05) is 12.1 Å². The first kappa shape index (κ1) is 13.0. The summed E-state index contributed by atoms with van der Waals surface area (Å²) in [6, 6.07) is 5.62. The molecule has 0 unspecified atom stereocenters. The van der Waals surface area contributed by atoms with Crippen LogP contribution in [0.25, 0.3) is 0 Å². The van der Waals surface area contributed by atoms with Crippen molar-refractivity contribution in [3.63, 3.8) is 0 Å². The molecule has 0 fully saturated rings. The normalized spacial score (nSPS) is 9.53. The first-order valence-corrected chi connectivity index (χ1v) is 5.31. The molecule has 1 aromatic rings. The van der Waals surface area contributed by atoms with Crippen molar-refractivity contribution in [1.29, 1.82) is 0 Å². The summed E-state index contributed by atoms with van der Waals surface area (Å²) >= 11 is 0. The van der Waals surface area contributed by atoms with Gasteiger partial charge in [-0.15, -0.1) is 6.58 Å². The summed E-state index contributed by atoms with van der Waals surface area (Å²) in [5.74, 6) is -1.33. The van der Waals surface area contributed by atoms with Gasteiger partial charge in [0, 0.05) is 12.2 Å². The Morgan fingerprint density at radius 1 is 1.18 bits per heavy atom.